The summed E-state index contributed by atoms with van der Waals surface area (Å²) in [6.45, 7) is 0. The average Bonchev–Trinajstić information content (AvgIpc) is 2.46. The van der Waals surface area contributed by atoms with Crippen molar-refractivity contribution in [3.05, 3.63) is 35.9 Å². The maximum Gasteiger partial charge on any atom is 0.305 e. The van der Waals surface area contributed by atoms with Crippen LogP contribution in [0.25, 0.3) is 0 Å². The van der Waals surface area contributed by atoms with E-state index in [0.717, 1.165) is 25.7 Å². The van der Waals surface area contributed by atoms with Crippen LogP contribution >= 0.6 is 0 Å². The van der Waals surface area contributed by atoms with Gasteiger partial charge in [0.2, 0.25) is 0 Å². The molecule has 0 heterocycles. The molecule has 0 spiro atoms. The van der Waals surface area contributed by atoms with E-state index in [2.05, 4.69) is 16.9 Å². The molecule has 106 valence electrons. The van der Waals surface area contributed by atoms with Gasteiger partial charge in [-0.1, -0.05) is 56.0 Å². The number of ether oxygens (including phenoxy) is 1. The van der Waals surface area contributed by atoms with Crippen LogP contribution in [-0.2, 0) is 9.53 Å². The van der Waals surface area contributed by atoms with Gasteiger partial charge in [-0.15, -0.1) is 0 Å². The van der Waals surface area contributed by atoms with Crippen LogP contribution in [0.3, 0.4) is 0 Å². The molecule has 3 heteroatoms. The van der Waals surface area contributed by atoms with Gasteiger partial charge in [0.25, 0.3) is 0 Å². The number of hydrogen-bond acceptors (Lipinski definition) is 3. The molecule has 2 N–H and O–H groups in total. The second-order valence-corrected chi connectivity index (χ2v) is 4.90. The van der Waals surface area contributed by atoms with E-state index in [4.69, 9.17) is 5.73 Å². The van der Waals surface area contributed by atoms with Gasteiger partial charge in [-0.2, -0.15) is 0 Å². The van der Waals surface area contributed by atoms with Crippen LogP contribution < -0.4 is 5.73 Å². The third-order valence-corrected chi connectivity index (χ3v) is 3.35. The van der Waals surface area contributed by atoms with Crippen LogP contribution in [0.15, 0.2) is 30.3 Å². The molecule has 0 radical (unpaired) electrons. The molecule has 1 aromatic carbocycles. The third-order valence-electron chi connectivity index (χ3n) is 3.35. The number of methoxy groups -OCH3 is 1. The molecular weight excluding hydrogens is 238 g/mol. The first-order valence-electron chi connectivity index (χ1n) is 7.11. The Balaban J connectivity index is 2.00. The van der Waals surface area contributed by atoms with Crippen molar-refractivity contribution in [3.63, 3.8) is 0 Å². The third kappa shape index (κ3) is 6.97. The predicted molar refractivity (Wildman–Crippen MR) is 77.7 cm³/mol. The summed E-state index contributed by atoms with van der Waals surface area (Å²) in [6.07, 6.45) is 7.09. The molecule has 0 amide bonds. The molecule has 0 saturated carbocycles. The first-order valence-corrected chi connectivity index (χ1v) is 7.11. The largest absolute Gasteiger partial charge is 0.469 e. The zero-order chi connectivity index (χ0) is 13.9. The minimum absolute atomic E-state index is 0.105. The molecule has 3 nitrogen and oxygen atoms in total. The monoisotopic (exact) mass is 263 g/mol. The topological polar surface area (TPSA) is 52.3 Å². The maximum atomic E-state index is 10.9. The van der Waals surface area contributed by atoms with Gasteiger partial charge in [0.1, 0.15) is 0 Å². The van der Waals surface area contributed by atoms with Gasteiger partial charge in [-0.05, 0) is 18.4 Å². The van der Waals surface area contributed by atoms with Crippen molar-refractivity contribution in [1.29, 1.82) is 0 Å². The fourth-order valence-electron chi connectivity index (χ4n) is 2.13. The lowest BCUT2D eigenvalue weighted by Crippen LogP contribution is -2.09. The van der Waals surface area contributed by atoms with Gasteiger partial charge in [-0.3, -0.25) is 4.79 Å². The molecule has 0 aliphatic rings. The number of carbonyl (C=O) groups is 1. The van der Waals surface area contributed by atoms with Crippen LogP contribution in [0.2, 0.25) is 0 Å². The van der Waals surface area contributed by atoms with E-state index >= 15 is 0 Å². The molecular formula is C16H25NO2. The van der Waals surface area contributed by atoms with E-state index in [0.29, 0.717) is 6.42 Å². The van der Waals surface area contributed by atoms with Crippen LogP contribution in [0.1, 0.15) is 56.6 Å². The minimum Gasteiger partial charge on any atom is -0.469 e. The van der Waals surface area contributed by atoms with Crippen LogP contribution in [0.5, 0.6) is 0 Å². The molecule has 0 aliphatic carbocycles. The summed E-state index contributed by atoms with van der Waals surface area (Å²) in [5, 5.41) is 0. The van der Waals surface area contributed by atoms with Gasteiger partial charge in [-0.25, -0.2) is 0 Å². The number of hydrogen-bond donors (Lipinski definition) is 1. The highest BCUT2D eigenvalue weighted by atomic mass is 16.5. The highest BCUT2D eigenvalue weighted by molar-refractivity contribution is 5.68. The van der Waals surface area contributed by atoms with Crippen molar-refractivity contribution < 1.29 is 9.53 Å². The minimum atomic E-state index is -0.105. The van der Waals surface area contributed by atoms with Crippen molar-refractivity contribution >= 4 is 5.97 Å². The summed E-state index contributed by atoms with van der Waals surface area (Å²) in [5.41, 5.74) is 7.35. The summed E-state index contributed by atoms with van der Waals surface area (Å²) >= 11 is 0. The SMILES string of the molecule is COC(=O)CCCCCCCC(N)c1ccccc1. The molecule has 1 unspecified atom stereocenters. The Morgan fingerprint density at radius 2 is 1.74 bits per heavy atom. The Kier molecular flexibility index (Phi) is 7.91. The summed E-state index contributed by atoms with van der Waals surface area (Å²) < 4.78 is 4.60. The average molecular weight is 263 g/mol. The van der Waals surface area contributed by atoms with E-state index in [9.17, 15) is 4.79 Å². The summed E-state index contributed by atoms with van der Waals surface area (Å²) in [7, 11) is 1.44. The predicted octanol–water partition coefficient (Wildman–Crippen LogP) is 3.59. The molecule has 1 atom stereocenters. The second-order valence-electron chi connectivity index (χ2n) is 4.90. The van der Waals surface area contributed by atoms with E-state index in [1.165, 1.54) is 25.5 Å². The number of rotatable bonds is 9. The molecule has 0 aromatic heterocycles. The fourth-order valence-corrected chi connectivity index (χ4v) is 2.13. The van der Waals surface area contributed by atoms with Crippen molar-refractivity contribution in [2.24, 2.45) is 5.73 Å². The van der Waals surface area contributed by atoms with E-state index < -0.39 is 0 Å². The van der Waals surface area contributed by atoms with Crippen LogP contribution in [0.4, 0.5) is 0 Å². The lowest BCUT2D eigenvalue weighted by molar-refractivity contribution is -0.140. The summed E-state index contributed by atoms with van der Waals surface area (Å²) in [5.74, 6) is -0.105. The van der Waals surface area contributed by atoms with E-state index in [-0.39, 0.29) is 12.0 Å². The van der Waals surface area contributed by atoms with Crippen molar-refractivity contribution in [3.8, 4) is 0 Å². The number of carbonyl (C=O) groups excluding carboxylic acids is 1. The molecule has 0 fully saturated rings. The first-order chi connectivity index (χ1) is 9.24. The van der Waals surface area contributed by atoms with Crippen LogP contribution in [-0.4, -0.2) is 13.1 Å². The molecule has 0 aliphatic heterocycles. The number of unbranched alkanes of at least 4 members (excludes halogenated alkanes) is 4. The number of nitrogens with two attached hydrogens (primary N) is 1. The molecule has 0 saturated heterocycles. The van der Waals surface area contributed by atoms with Gasteiger partial charge in [0.15, 0.2) is 0 Å². The zero-order valence-electron chi connectivity index (χ0n) is 11.8. The Bertz CT molecular complexity index is 351. The van der Waals surface area contributed by atoms with Gasteiger partial charge in [0, 0.05) is 12.5 Å². The first kappa shape index (κ1) is 15.7. The van der Waals surface area contributed by atoms with Gasteiger partial charge in [0.05, 0.1) is 7.11 Å². The zero-order valence-corrected chi connectivity index (χ0v) is 11.8. The lowest BCUT2D eigenvalue weighted by Gasteiger charge is -2.11. The molecule has 19 heavy (non-hydrogen) atoms. The summed E-state index contributed by atoms with van der Waals surface area (Å²) in [6, 6.07) is 10.4. The fraction of sp³-hybridized carbons (Fsp3) is 0.562. The molecule has 0 bridgehead atoms. The Morgan fingerprint density at radius 1 is 1.11 bits per heavy atom. The quantitative estimate of drug-likeness (QED) is 0.547. The Morgan fingerprint density at radius 3 is 2.42 bits per heavy atom. The maximum absolute atomic E-state index is 10.9. The lowest BCUT2D eigenvalue weighted by atomic mass is 10.0. The van der Waals surface area contributed by atoms with Crippen LogP contribution in [0, 0.1) is 0 Å². The van der Waals surface area contributed by atoms with Crippen molar-refractivity contribution in [1.82, 2.24) is 0 Å². The molecule has 1 aromatic rings. The van der Waals surface area contributed by atoms with Gasteiger partial charge >= 0.3 is 5.97 Å². The highest BCUT2D eigenvalue weighted by Gasteiger charge is 2.04. The van der Waals surface area contributed by atoms with Crippen molar-refractivity contribution in [2.45, 2.75) is 51.0 Å². The second kappa shape index (κ2) is 9.56. The highest BCUT2D eigenvalue weighted by Crippen LogP contribution is 2.17. The van der Waals surface area contributed by atoms with Gasteiger partial charge < -0.3 is 10.5 Å². The van der Waals surface area contributed by atoms with E-state index in [1.54, 1.807) is 0 Å². The Hall–Kier alpha value is -1.35. The van der Waals surface area contributed by atoms with E-state index in [1.807, 2.05) is 18.2 Å². The van der Waals surface area contributed by atoms with Crippen molar-refractivity contribution in [2.75, 3.05) is 7.11 Å². The summed E-state index contributed by atoms with van der Waals surface area (Å²) in [4.78, 5) is 10.9. The smallest absolute Gasteiger partial charge is 0.305 e. The number of benzene rings is 1. The molecule has 1 rings (SSSR count). The normalized spacial score (nSPS) is 12.1. The number of esters is 1. The Labute approximate surface area is 116 Å². The standard InChI is InChI=1S/C16H25NO2/c1-19-16(18)13-9-4-2-3-8-12-15(17)14-10-6-5-7-11-14/h5-7,10-11,15H,2-4,8-9,12-13,17H2,1H3.